The molecule has 0 fully saturated rings. The van der Waals surface area contributed by atoms with Crippen molar-refractivity contribution in [3.8, 4) is 5.82 Å². The Morgan fingerprint density at radius 2 is 1.96 bits per heavy atom. The van der Waals surface area contributed by atoms with E-state index in [1.165, 1.54) is 0 Å². The molecule has 0 spiro atoms. The number of aliphatic hydroxyl groups excluding tert-OH is 1. The number of aliphatic hydroxyl groups is 1. The van der Waals surface area contributed by atoms with Gasteiger partial charge in [-0.05, 0) is 35.9 Å². The number of nitrogens with one attached hydrogen (secondary N) is 1. The summed E-state index contributed by atoms with van der Waals surface area (Å²) in [6, 6.07) is 7.93. The minimum Gasteiger partial charge on any atom is -0.387 e. The Kier molecular flexibility index (Phi) is 5.28. The van der Waals surface area contributed by atoms with E-state index in [0.717, 1.165) is 0 Å². The summed E-state index contributed by atoms with van der Waals surface area (Å²) in [5.41, 5.74) is 0.652. The van der Waals surface area contributed by atoms with Gasteiger partial charge in [-0.15, -0.1) is 10.2 Å². The zero-order valence-electron chi connectivity index (χ0n) is 12.8. The zero-order valence-corrected chi connectivity index (χ0v) is 14.3. The summed E-state index contributed by atoms with van der Waals surface area (Å²) >= 11 is 11.8. The second kappa shape index (κ2) is 7.60. The molecule has 0 aliphatic heterocycles. The van der Waals surface area contributed by atoms with Crippen LogP contribution < -0.4 is 5.32 Å². The van der Waals surface area contributed by atoms with Gasteiger partial charge in [-0.2, -0.15) is 0 Å². The quantitative estimate of drug-likeness (QED) is 0.712. The number of benzene rings is 1. The smallest absolute Gasteiger partial charge is 0.271 e. The van der Waals surface area contributed by atoms with Gasteiger partial charge in [0, 0.05) is 29.0 Å². The average molecular weight is 378 g/mol. The van der Waals surface area contributed by atoms with Crippen molar-refractivity contribution < 1.29 is 9.90 Å². The van der Waals surface area contributed by atoms with Crippen LogP contribution >= 0.6 is 23.2 Å². The number of amides is 1. The number of rotatable bonds is 5. The van der Waals surface area contributed by atoms with Crippen LogP contribution in [-0.2, 0) is 0 Å². The van der Waals surface area contributed by atoms with Gasteiger partial charge in [-0.25, -0.2) is 4.98 Å². The van der Waals surface area contributed by atoms with Gasteiger partial charge in [0.05, 0.1) is 6.10 Å². The van der Waals surface area contributed by atoms with E-state index in [1.54, 1.807) is 53.6 Å². The van der Waals surface area contributed by atoms with Gasteiger partial charge in [0.15, 0.2) is 11.5 Å². The number of nitrogens with zero attached hydrogens (tertiary/aromatic N) is 4. The number of carbonyl (C=O) groups is 1. The van der Waals surface area contributed by atoms with Crippen LogP contribution in [0.4, 0.5) is 0 Å². The molecule has 0 aliphatic carbocycles. The van der Waals surface area contributed by atoms with E-state index in [0.29, 0.717) is 21.4 Å². The zero-order chi connectivity index (χ0) is 17.8. The third-order valence-corrected chi connectivity index (χ3v) is 3.81. The number of hydrogen-bond acceptors (Lipinski definition) is 5. The molecule has 1 unspecified atom stereocenters. The van der Waals surface area contributed by atoms with Crippen LogP contribution in [0.15, 0.2) is 49.1 Å². The molecule has 7 nitrogen and oxygen atoms in total. The van der Waals surface area contributed by atoms with Gasteiger partial charge in [0.2, 0.25) is 0 Å². The van der Waals surface area contributed by atoms with Gasteiger partial charge in [-0.1, -0.05) is 23.2 Å². The second-order valence-corrected chi connectivity index (χ2v) is 6.05. The predicted molar refractivity (Wildman–Crippen MR) is 92.9 cm³/mol. The monoisotopic (exact) mass is 377 g/mol. The first-order valence-electron chi connectivity index (χ1n) is 7.27. The highest BCUT2D eigenvalue weighted by atomic mass is 35.5. The fourth-order valence-corrected chi connectivity index (χ4v) is 2.69. The molecule has 1 atom stereocenters. The molecule has 0 saturated heterocycles. The summed E-state index contributed by atoms with van der Waals surface area (Å²) in [7, 11) is 0. The van der Waals surface area contributed by atoms with Gasteiger partial charge in [0.1, 0.15) is 6.33 Å². The SMILES string of the molecule is O=C(NCC(O)c1cc(Cl)cc(Cl)c1)c1ccc(-n2ccnc2)nn1. The van der Waals surface area contributed by atoms with Crippen LogP contribution in [0.25, 0.3) is 5.82 Å². The molecule has 2 aromatic heterocycles. The van der Waals surface area contributed by atoms with Crippen LogP contribution in [0, 0.1) is 0 Å². The summed E-state index contributed by atoms with van der Waals surface area (Å²) in [6.07, 6.45) is 3.97. The molecule has 9 heteroatoms. The summed E-state index contributed by atoms with van der Waals surface area (Å²) in [5.74, 6) is 0.0968. The van der Waals surface area contributed by atoms with Crippen molar-refractivity contribution in [2.45, 2.75) is 6.10 Å². The van der Waals surface area contributed by atoms with E-state index in [1.807, 2.05) is 0 Å². The molecule has 0 saturated carbocycles. The number of carbonyl (C=O) groups excluding carboxylic acids is 1. The fraction of sp³-hybridized carbons (Fsp3) is 0.125. The van der Waals surface area contributed by atoms with Crippen molar-refractivity contribution in [3.05, 3.63) is 70.4 Å². The third-order valence-electron chi connectivity index (χ3n) is 3.38. The van der Waals surface area contributed by atoms with E-state index in [4.69, 9.17) is 23.2 Å². The molecular formula is C16H13Cl2N5O2. The van der Waals surface area contributed by atoms with Crippen molar-refractivity contribution in [1.82, 2.24) is 25.1 Å². The van der Waals surface area contributed by atoms with Crippen LogP contribution in [0.1, 0.15) is 22.2 Å². The van der Waals surface area contributed by atoms with Crippen molar-refractivity contribution in [3.63, 3.8) is 0 Å². The lowest BCUT2D eigenvalue weighted by molar-refractivity contribution is 0.0910. The van der Waals surface area contributed by atoms with Crippen LogP contribution in [0.2, 0.25) is 10.0 Å². The standard InChI is InChI=1S/C16H13Cl2N5O2/c17-11-5-10(6-12(18)7-11)14(24)8-20-16(25)13-1-2-15(22-21-13)23-4-3-19-9-23/h1-7,9,14,24H,8H2,(H,20,25). The normalized spacial score (nSPS) is 12.0. The highest BCUT2D eigenvalue weighted by Gasteiger charge is 2.13. The van der Waals surface area contributed by atoms with E-state index >= 15 is 0 Å². The maximum atomic E-state index is 12.1. The predicted octanol–water partition coefficient (Wildman–Crippen LogP) is 2.43. The fourth-order valence-electron chi connectivity index (χ4n) is 2.14. The Labute approximate surface area is 153 Å². The number of halogens is 2. The summed E-state index contributed by atoms with van der Waals surface area (Å²) in [4.78, 5) is 16.0. The molecule has 2 N–H and O–H groups in total. The summed E-state index contributed by atoms with van der Waals surface area (Å²) < 4.78 is 1.67. The van der Waals surface area contributed by atoms with Gasteiger partial charge in [0.25, 0.3) is 5.91 Å². The number of hydrogen-bond donors (Lipinski definition) is 2. The second-order valence-electron chi connectivity index (χ2n) is 5.18. The molecule has 3 aromatic rings. The highest BCUT2D eigenvalue weighted by Crippen LogP contribution is 2.23. The molecule has 25 heavy (non-hydrogen) atoms. The lowest BCUT2D eigenvalue weighted by atomic mass is 10.1. The Morgan fingerprint density at radius 1 is 1.20 bits per heavy atom. The molecule has 0 radical (unpaired) electrons. The molecule has 0 aliphatic rings. The molecule has 128 valence electrons. The topological polar surface area (TPSA) is 92.9 Å². The Morgan fingerprint density at radius 3 is 2.56 bits per heavy atom. The van der Waals surface area contributed by atoms with E-state index < -0.39 is 12.0 Å². The lowest BCUT2D eigenvalue weighted by Gasteiger charge is -2.13. The number of aromatic nitrogens is 4. The minimum atomic E-state index is -0.946. The first-order chi connectivity index (χ1) is 12.0. The Hall–Kier alpha value is -2.48. The third kappa shape index (κ3) is 4.33. The molecule has 1 aromatic carbocycles. The maximum Gasteiger partial charge on any atom is 0.271 e. The Bertz CT molecular complexity index is 848. The molecule has 1 amide bonds. The van der Waals surface area contributed by atoms with Crippen LogP contribution in [0.5, 0.6) is 0 Å². The average Bonchev–Trinajstić information content (AvgIpc) is 3.13. The highest BCUT2D eigenvalue weighted by molar-refractivity contribution is 6.34. The minimum absolute atomic E-state index is 0.0134. The van der Waals surface area contributed by atoms with Crippen LogP contribution in [0.3, 0.4) is 0 Å². The molecular weight excluding hydrogens is 365 g/mol. The van der Waals surface area contributed by atoms with Gasteiger partial charge >= 0.3 is 0 Å². The van der Waals surface area contributed by atoms with Crippen LogP contribution in [-0.4, -0.2) is 37.3 Å². The van der Waals surface area contributed by atoms with Crippen molar-refractivity contribution >= 4 is 29.1 Å². The van der Waals surface area contributed by atoms with Gasteiger partial charge < -0.3 is 10.4 Å². The lowest BCUT2D eigenvalue weighted by Crippen LogP contribution is -2.29. The van der Waals surface area contributed by atoms with E-state index in [2.05, 4.69) is 20.5 Å². The van der Waals surface area contributed by atoms with Crippen molar-refractivity contribution in [2.75, 3.05) is 6.54 Å². The van der Waals surface area contributed by atoms with Crippen molar-refractivity contribution in [1.29, 1.82) is 0 Å². The molecule has 3 rings (SSSR count). The largest absolute Gasteiger partial charge is 0.387 e. The van der Waals surface area contributed by atoms with Crippen molar-refractivity contribution in [2.24, 2.45) is 0 Å². The first kappa shape index (κ1) is 17.3. The first-order valence-corrected chi connectivity index (χ1v) is 8.03. The Balaban J connectivity index is 1.62. The summed E-state index contributed by atoms with van der Waals surface area (Å²) in [6.45, 7) is -0.0134. The summed E-state index contributed by atoms with van der Waals surface area (Å²) in [5, 5.41) is 21.4. The van der Waals surface area contributed by atoms with E-state index in [-0.39, 0.29) is 12.2 Å². The van der Waals surface area contributed by atoms with E-state index in [9.17, 15) is 9.90 Å². The molecule has 2 heterocycles. The van der Waals surface area contributed by atoms with Gasteiger partial charge in [-0.3, -0.25) is 9.36 Å². The maximum absolute atomic E-state index is 12.1. The molecule has 0 bridgehead atoms. The number of imidazole rings is 1.